The number of benzene rings is 2. The first-order chi connectivity index (χ1) is 39.8. The van der Waals surface area contributed by atoms with Gasteiger partial charge in [-0.25, -0.2) is 9.59 Å². The highest BCUT2D eigenvalue weighted by Gasteiger charge is 2.56. The summed E-state index contributed by atoms with van der Waals surface area (Å²) in [5, 5.41) is 14.5. The van der Waals surface area contributed by atoms with Gasteiger partial charge in [0.25, 0.3) is 0 Å². The fourth-order valence-corrected chi connectivity index (χ4v) is 9.83. The molecule has 0 bridgehead atoms. The maximum Gasteiger partial charge on any atom is 0.408 e. The second-order valence-electron chi connectivity index (χ2n) is 22.8. The Morgan fingerprint density at radius 3 is 1.46 bits per heavy atom. The van der Waals surface area contributed by atoms with E-state index in [0.29, 0.717) is 25.8 Å². The van der Waals surface area contributed by atoms with Gasteiger partial charge in [-0.1, -0.05) is 42.5 Å². The average Bonchev–Trinajstić information content (AvgIpc) is 1.88. The van der Waals surface area contributed by atoms with Crippen LogP contribution in [-0.2, 0) is 38.3 Å². The monoisotopic (exact) mass is 1130 g/mol. The summed E-state index contributed by atoms with van der Waals surface area (Å²) in [5.74, 6) is 0.501. The summed E-state index contributed by atoms with van der Waals surface area (Å²) in [5.41, 5.74) is 29.4. The number of alkyl carbamates (subject to hydrolysis) is 1. The van der Waals surface area contributed by atoms with Gasteiger partial charge in [-0.05, 0) is 159 Å². The van der Waals surface area contributed by atoms with Gasteiger partial charge >= 0.3 is 18.0 Å². The summed E-state index contributed by atoms with van der Waals surface area (Å²) in [6.45, 7) is 26.0. The van der Waals surface area contributed by atoms with E-state index in [-0.39, 0.29) is 25.0 Å². The number of ether oxygens (including phenoxy) is 5. The minimum atomic E-state index is -0.951. The number of methoxy groups -OCH3 is 4. The van der Waals surface area contributed by atoms with E-state index in [4.69, 9.17) is 87.5 Å². The third-order valence-corrected chi connectivity index (χ3v) is 13.7. The van der Waals surface area contributed by atoms with Gasteiger partial charge in [-0.15, -0.1) is 0 Å². The van der Waals surface area contributed by atoms with Crippen LogP contribution in [0, 0.1) is 33.1 Å². The van der Waals surface area contributed by atoms with Crippen LogP contribution in [0.5, 0.6) is 11.5 Å². The predicted molar refractivity (Wildman–Crippen MR) is 343 cm³/mol. The Hall–Kier alpha value is -7.06. The molecule has 2 spiro atoms. The standard InChI is InChI=1S/C28H41N3O7.C17H22N2O4.C12H4.B12/c1-16-11-18(12-17(2)21(16)35-9)19-13-28(38-30-19)14-20(24(33)36-10)31(15-28)23(32)22(26(3,4)5)29-25(34)37-27(6,7)8;1-10-5-12(6-11(2)15(10)21-3)13-7-17(23-19-13)8-14(18-9-17)16(20)22-4;1-3-5-7-9-11-12-10-8-6-4-2;1-8(2)11(7)12(9(3)4)10(5)6/h11-12,20,22H,13-15H2,1-10H3,(H,29,34);5-6,14,18H,7-9H2,1-4H3;1-2H2;/t20-,22+,28+;14-,17+;;/m00../s1. The van der Waals surface area contributed by atoms with E-state index in [9.17, 15) is 19.2 Å². The molecule has 0 aliphatic carbocycles. The zero-order valence-electron chi connectivity index (χ0n) is 51.5. The molecule has 2 aromatic carbocycles. The predicted octanol–water partition coefficient (Wildman–Crippen LogP) is 3.38. The van der Waals surface area contributed by atoms with Crippen LogP contribution in [0.3, 0.4) is 0 Å². The zero-order chi connectivity index (χ0) is 64.2. The topological polar surface area (TPSA) is 185 Å². The van der Waals surface area contributed by atoms with Crippen molar-refractivity contribution in [3.63, 3.8) is 0 Å². The van der Waals surface area contributed by atoms with Crippen LogP contribution >= 0.6 is 0 Å². The fraction of sp³-hybridized carbons (Fsp3) is 0.474. The molecule has 14 radical (unpaired) electrons. The molecule has 4 heterocycles. The first kappa shape index (κ1) is 72.2. The van der Waals surface area contributed by atoms with Crippen molar-refractivity contribution in [2.75, 3.05) is 41.5 Å². The van der Waals surface area contributed by atoms with Gasteiger partial charge in [0.15, 0.2) is 11.2 Å². The van der Waals surface area contributed by atoms with Crippen LogP contribution in [0.4, 0.5) is 4.79 Å². The second kappa shape index (κ2) is 32.4. The number of likely N-dealkylation sites (tertiary alicyclic amines) is 1. The van der Waals surface area contributed by atoms with Crippen molar-refractivity contribution < 1.29 is 52.5 Å². The van der Waals surface area contributed by atoms with E-state index in [1.54, 1.807) is 35.0 Å². The number of esters is 2. The molecular formula is C57H67B12N5O11. The van der Waals surface area contributed by atoms with Crippen LogP contribution in [0.1, 0.15) is 101 Å². The third-order valence-electron chi connectivity index (χ3n) is 13.7. The van der Waals surface area contributed by atoms with Gasteiger partial charge in [-0.2, -0.15) is 0 Å². The first-order valence-electron chi connectivity index (χ1n) is 27.1. The lowest BCUT2D eigenvalue weighted by molar-refractivity contribution is -0.152. The molecule has 28 heteroatoms. The fourth-order valence-electron chi connectivity index (χ4n) is 9.83. The number of oxime groups is 2. The highest BCUT2D eigenvalue weighted by molar-refractivity contribution is 8.05. The van der Waals surface area contributed by atoms with Crippen molar-refractivity contribution in [1.29, 1.82) is 0 Å². The Kier molecular flexibility index (Phi) is 27.6. The molecule has 6 rings (SSSR count). The largest absolute Gasteiger partial charge is 0.496 e. The maximum atomic E-state index is 13.9. The van der Waals surface area contributed by atoms with E-state index in [0.717, 1.165) is 56.3 Å². The smallest absolute Gasteiger partial charge is 0.408 e. The van der Waals surface area contributed by atoms with Crippen LogP contribution in [0.15, 0.2) is 105 Å². The van der Waals surface area contributed by atoms with Crippen LogP contribution in [0.2, 0.25) is 0 Å². The minimum absolute atomic E-state index is 0.120. The third kappa shape index (κ3) is 20.9. The van der Waals surface area contributed by atoms with E-state index in [1.807, 2.05) is 60.6 Å². The van der Waals surface area contributed by atoms with Gasteiger partial charge in [0.2, 0.25) is 5.91 Å². The molecule has 0 saturated carbocycles. The summed E-state index contributed by atoms with van der Waals surface area (Å²) in [4.78, 5) is 64.2. The van der Waals surface area contributed by atoms with E-state index >= 15 is 0 Å². The number of carbonyl (C=O) groups is 4. The van der Waals surface area contributed by atoms with Crippen molar-refractivity contribution in [1.82, 2.24) is 15.5 Å². The van der Waals surface area contributed by atoms with Crippen LogP contribution < -0.4 is 20.1 Å². The molecule has 0 aromatic heterocycles. The maximum absolute atomic E-state index is 13.9. The molecule has 4 aliphatic rings. The Bertz CT molecular complexity index is 3130. The number of rotatable bonds is 12. The Labute approximate surface area is 513 Å². The minimum Gasteiger partial charge on any atom is -0.496 e. The number of amides is 2. The molecule has 2 amide bonds. The molecule has 0 unspecified atom stereocenters. The van der Waals surface area contributed by atoms with Crippen LogP contribution in [0.25, 0.3) is 0 Å². The number of nitrogens with zero attached hydrogens (tertiary/aromatic N) is 3. The number of aryl methyl sites for hydroxylation is 4. The SMILES string of the molecule is C=C=C=C=C=C=C=C=C=C=C=C.COC(=O)[C@@H]1C[C@@]2(CN1)CC(c1cc(C)c(OC)c(C)c1)=NO2.COC(=O)[C@@H]1C[C@]2(CC(c3cc(C)c(OC)c(C)c3)=NO2)CN1C(=O)[C@@H](NC(=O)OC(C)(C)C)C(C)(C)C.[B]B([B])B([B])B(B([B])[B])B([B])[B]. The normalized spacial score (nSPS) is 18.6. The van der Waals surface area contributed by atoms with Gasteiger partial charge in [0.1, 0.15) is 35.2 Å². The van der Waals surface area contributed by atoms with Gasteiger partial charge in [0, 0.05) is 129 Å². The molecule has 16 nitrogen and oxygen atoms in total. The number of nitrogens with one attached hydrogen (secondary N) is 2. The van der Waals surface area contributed by atoms with E-state index in [1.165, 1.54) is 19.1 Å². The summed E-state index contributed by atoms with van der Waals surface area (Å²) in [7, 11) is 43.9. The lowest BCUT2D eigenvalue weighted by Crippen LogP contribution is -2.67. The molecule has 2 saturated heterocycles. The molecule has 422 valence electrons. The molecule has 4 aliphatic heterocycles. The molecular weight excluding hydrogens is 1060 g/mol. The summed E-state index contributed by atoms with van der Waals surface area (Å²) in [6, 6.07) is 5.95. The summed E-state index contributed by atoms with van der Waals surface area (Å²) < 4.78 is 26.1. The lowest BCUT2D eigenvalue weighted by Gasteiger charge is -2.35. The number of hydrogen-bond donors (Lipinski definition) is 2. The van der Waals surface area contributed by atoms with Crippen molar-refractivity contribution in [3.05, 3.63) is 128 Å². The zero-order valence-corrected chi connectivity index (χ0v) is 51.5. The van der Waals surface area contributed by atoms with Crippen molar-refractivity contribution in [2.45, 2.75) is 130 Å². The molecule has 2 fully saturated rings. The quantitative estimate of drug-likeness (QED) is 0.137. The highest BCUT2D eigenvalue weighted by Crippen LogP contribution is 2.41. The van der Waals surface area contributed by atoms with Crippen molar-refractivity contribution >= 4 is 121 Å². The first-order valence-corrected chi connectivity index (χ1v) is 27.1. The van der Waals surface area contributed by atoms with E-state index in [2.05, 4.69) is 104 Å². The molecule has 85 heavy (non-hydrogen) atoms. The number of carbonyl (C=O) groups excluding carboxylic acids is 4. The lowest BCUT2D eigenvalue weighted by atomic mass is 8.53. The Morgan fingerprint density at radius 2 is 1.09 bits per heavy atom. The van der Waals surface area contributed by atoms with Crippen molar-refractivity contribution in [3.8, 4) is 11.5 Å². The van der Waals surface area contributed by atoms with Gasteiger partial charge in [-0.3, -0.25) is 9.59 Å². The Morgan fingerprint density at radius 1 is 0.671 bits per heavy atom. The summed E-state index contributed by atoms with van der Waals surface area (Å²) >= 11 is 0. The molecule has 2 N–H and O–H groups in total. The van der Waals surface area contributed by atoms with Crippen LogP contribution in [-0.4, -0.2) is 203 Å². The Balaban J connectivity index is 0.000000338. The average molecular weight is 1130 g/mol. The summed E-state index contributed by atoms with van der Waals surface area (Å²) in [6.07, 6.45) is -2.05. The second-order valence-corrected chi connectivity index (χ2v) is 22.8. The molecule has 5 atom stereocenters. The van der Waals surface area contributed by atoms with Gasteiger partial charge < -0.3 is 48.9 Å². The van der Waals surface area contributed by atoms with Gasteiger partial charge in [0.05, 0.1) is 46.4 Å². The van der Waals surface area contributed by atoms with E-state index < -0.39 is 84.2 Å². The van der Waals surface area contributed by atoms with Crippen molar-refractivity contribution in [2.24, 2.45) is 15.7 Å². The highest BCUT2D eigenvalue weighted by atomic mass is 16.7. The number of hydrogen-bond acceptors (Lipinski definition) is 14. The molecule has 2 aromatic rings.